The number of fused-ring (bicyclic) bond motifs is 1. The van der Waals surface area contributed by atoms with E-state index in [1.165, 1.54) is 0 Å². The van der Waals surface area contributed by atoms with Crippen LogP contribution in [-0.2, 0) is 0 Å². The molecule has 0 aliphatic carbocycles. The van der Waals surface area contributed by atoms with Gasteiger partial charge in [-0.05, 0) is 31.5 Å². The van der Waals surface area contributed by atoms with Crippen LogP contribution in [0.4, 0.5) is 0 Å². The monoisotopic (exact) mass is 257 g/mol. The van der Waals surface area contributed by atoms with E-state index in [0.29, 0.717) is 12.1 Å². The van der Waals surface area contributed by atoms with E-state index in [-0.39, 0.29) is 11.9 Å². The molecule has 1 amide bonds. The van der Waals surface area contributed by atoms with Crippen molar-refractivity contribution in [3.8, 4) is 0 Å². The zero-order valence-corrected chi connectivity index (χ0v) is 11.1. The standard InChI is InChI=1S/C15H19N3O/c1-2-12(8-9-16)18-15(19)13-7-3-5-11-6-4-10-17-14(11)13/h3-7,10,12H,2,8-9,16H2,1H3,(H,18,19). The Bertz CT molecular complexity index is 563. The number of para-hydroxylation sites is 1. The van der Waals surface area contributed by atoms with Gasteiger partial charge in [0.25, 0.3) is 5.91 Å². The molecule has 1 atom stereocenters. The maximum Gasteiger partial charge on any atom is 0.253 e. The molecule has 0 fully saturated rings. The lowest BCUT2D eigenvalue weighted by Crippen LogP contribution is -2.36. The molecule has 0 saturated carbocycles. The first kappa shape index (κ1) is 13.5. The first-order chi connectivity index (χ1) is 9.26. The van der Waals surface area contributed by atoms with Crippen molar-refractivity contribution in [1.29, 1.82) is 0 Å². The number of benzene rings is 1. The Morgan fingerprint density at radius 3 is 2.89 bits per heavy atom. The molecule has 0 bridgehead atoms. The second-order valence-electron chi connectivity index (χ2n) is 4.54. The van der Waals surface area contributed by atoms with Crippen LogP contribution in [0.5, 0.6) is 0 Å². The fourth-order valence-electron chi connectivity index (χ4n) is 2.13. The molecule has 4 nitrogen and oxygen atoms in total. The summed E-state index contributed by atoms with van der Waals surface area (Å²) in [5.41, 5.74) is 6.91. The summed E-state index contributed by atoms with van der Waals surface area (Å²) in [5, 5.41) is 3.99. The van der Waals surface area contributed by atoms with Crippen molar-refractivity contribution < 1.29 is 4.79 Å². The Balaban J connectivity index is 2.26. The number of hydrogen-bond donors (Lipinski definition) is 2. The average Bonchev–Trinajstić information content (AvgIpc) is 2.46. The second kappa shape index (κ2) is 6.29. The number of hydrogen-bond acceptors (Lipinski definition) is 3. The quantitative estimate of drug-likeness (QED) is 0.861. The third-order valence-electron chi connectivity index (χ3n) is 3.22. The zero-order valence-electron chi connectivity index (χ0n) is 11.1. The van der Waals surface area contributed by atoms with E-state index in [1.807, 2.05) is 31.2 Å². The Morgan fingerprint density at radius 1 is 1.37 bits per heavy atom. The highest BCUT2D eigenvalue weighted by Crippen LogP contribution is 2.16. The van der Waals surface area contributed by atoms with Gasteiger partial charge in [0.15, 0.2) is 0 Å². The van der Waals surface area contributed by atoms with Crippen LogP contribution in [0.25, 0.3) is 10.9 Å². The molecular weight excluding hydrogens is 238 g/mol. The number of carbonyl (C=O) groups excluding carboxylic acids is 1. The summed E-state index contributed by atoms with van der Waals surface area (Å²) >= 11 is 0. The second-order valence-corrected chi connectivity index (χ2v) is 4.54. The van der Waals surface area contributed by atoms with Crippen LogP contribution in [0.15, 0.2) is 36.5 Å². The van der Waals surface area contributed by atoms with E-state index < -0.39 is 0 Å². The highest BCUT2D eigenvalue weighted by Gasteiger charge is 2.14. The van der Waals surface area contributed by atoms with Crippen molar-refractivity contribution in [3.63, 3.8) is 0 Å². The van der Waals surface area contributed by atoms with Gasteiger partial charge in [0.2, 0.25) is 0 Å². The molecule has 1 unspecified atom stereocenters. The SMILES string of the molecule is CCC(CCN)NC(=O)c1cccc2cccnc12. The minimum Gasteiger partial charge on any atom is -0.349 e. The van der Waals surface area contributed by atoms with Crippen LogP contribution in [0.3, 0.4) is 0 Å². The fourth-order valence-corrected chi connectivity index (χ4v) is 2.13. The molecule has 0 saturated heterocycles. The van der Waals surface area contributed by atoms with Crippen molar-refractivity contribution in [2.45, 2.75) is 25.8 Å². The maximum atomic E-state index is 12.3. The molecule has 0 aliphatic rings. The summed E-state index contributed by atoms with van der Waals surface area (Å²) in [6.07, 6.45) is 3.37. The summed E-state index contributed by atoms with van der Waals surface area (Å²) in [5.74, 6) is -0.0791. The normalized spacial score (nSPS) is 12.3. The molecule has 2 aromatic rings. The minimum atomic E-state index is -0.0791. The van der Waals surface area contributed by atoms with Gasteiger partial charge in [-0.3, -0.25) is 9.78 Å². The number of aromatic nitrogens is 1. The first-order valence-corrected chi connectivity index (χ1v) is 6.61. The summed E-state index contributed by atoms with van der Waals surface area (Å²) < 4.78 is 0. The highest BCUT2D eigenvalue weighted by molar-refractivity contribution is 6.05. The van der Waals surface area contributed by atoms with E-state index in [0.717, 1.165) is 23.7 Å². The van der Waals surface area contributed by atoms with Crippen LogP contribution >= 0.6 is 0 Å². The van der Waals surface area contributed by atoms with Crippen molar-refractivity contribution >= 4 is 16.8 Å². The predicted molar refractivity (Wildman–Crippen MR) is 77.0 cm³/mol. The third-order valence-corrected chi connectivity index (χ3v) is 3.22. The van der Waals surface area contributed by atoms with Gasteiger partial charge in [-0.1, -0.05) is 25.1 Å². The zero-order chi connectivity index (χ0) is 13.7. The first-order valence-electron chi connectivity index (χ1n) is 6.61. The number of carbonyl (C=O) groups is 1. The van der Waals surface area contributed by atoms with Gasteiger partial charge in [0.05, 0.1) is 11.1 Å². The van der Waals surface area contributed by atoms with Crippen LogP contribution in [0.1, 0.15) is 30.1 Å². The van der Waals surface area contributed by atoms with Crippen molar-refractivity contribution in [1.82, 2.24) is 10.3 Å². The lowest BCUT2D eigenvalue weighted by atomic mass is 10.1. The largest absolute Gasteiger partial charge is 0.349 e. The van der Waals surface area contributed by atoms with E-state index in [4.69, 9.17) is 5.73 Å². The van der Waals surface area contributed by atoms with E-state index >= 15 is 0 Å². The Morgan fingerprint density at radius 2 is 2.16 bits per heavy atom. The summed E-state index contributed by atoms with van der Waals surface area (Å²) in [6, 6.07) is 9.58. The van der Waals surface area contributed by atoms with E-state index in [1.54, 1.807) is 12.3 Å². The number of nitrogens with one attached hydrogen (secondary N) is 1. The van der Waals surface area contributed by atoms with Gasteiger partial charge in [0.1, 0.15) is 0 Å². The molecule has 2 rings (SSSR count). The number of rotatable bonds is 5. The van der Waals surface area contributed by atoms with Crippen molar-refractivity contribution in [2.75, 3.05) is 6.54 Å². The Labute approximate surface area is 113 Å². The molecule has 100 valence electrons. The van der Waals surface area contributed by atoms with Gasteiger partial charge in [-0.2, -0.15) is 0 Å². The predicted octanol–water partition coefficient (Wildman–Crippen LogP) is 2.09. The summed E-state index contributed by atoms with van der Waals surface area (Å²) in [6.45, 7) is 2.62. The lowest BCUT2D eigenvalue weighted by molar-refractivity contribution is 0.0936. The van der Waals surface area contributed by atoms with Crippen LogP contribution in [-0.4, -0.2) is 23.5 Å². The van der Waals surface area contributed by atoms with E-state index in [9.17, 15) is 4.79 Å². The Hall–Kier alpha value is -1.94. The van der Waals surface area contributed by atoms with Crippen LogP contribution in [0.2, 0.25) is 0 Å². The summed E-state index contributed by atoms with van der Waals surface area (Å²) in [7, 11) is 0. The molecule has 0 aliphatic heterocycles. The lowest BCUT2D eigenvalue weighted by Gasteiger charge is -2.16. The third kappa shape index (κ3) is 3.09. The van der Waals surface area contributed by atoms with Gasteiger partial charge < -0.3 is 11.1 Å². The molecule has 0 radical (unpaired) electrons. The smallest absolute Gasteiger partial charge is 0.253 e. The topological polar surface area (TPSA) is 68.0 Å². The van der Waals surface area contributed by atoms with Crippen molar-refractivity contribution in [3.05, 3.63) is 42.1 Å². The number of amides is 1. The van der Waals surface area contributed by atoms with Gasteiger partial charge in [0, 0.05) is 17.6 Å². The summed E-state index contributed by atoms with van der Waals surface area (Å²) in [4.78, 5) is 16.6. The maximum absolute atomic E-state index is 12.3. The molecule has 0 spiro atoms. The molecule has 3 N–H and O–H groups in total. The molecule has 19 heavy (non-hydrogen) atoms. The minimum absolute atomic E-state index is 0.0791. The molecule has 1 heterocycles. The van der Waals surface area contributed by atoms with Crippen LogP contribution in [0, 0.1) is 0 Å². The molecular formula is C15H19N3O. The number of nitrogens with zero attached hydrogens (tertiary/aromatic N) is 1. The van der Waals surface area contributed by atoms with Gasteiger partial charge in [-0.15, -0.1) is 0 Å². The van der Waals surface area contributed by atoms with E-state index in [2.05, 4.69) is 10.3 Å². The van der Waals surface area contributed by atoms with Crippen molar-refractivity contribution in [2.24, 2.45) is 5.73 Å². The average molecular weight is 257 g/mol. The molecule has 4 heteroatoms. The van der Waals surface area contributed by atoms with Gasteiger partial charge >= 0.3 is 0 Å². The van der Waals surface area contributed by atoms with Gasteiger partial charge in [-0.25, -0.2) is 0 Å². The fraction of sp³-hybridized carbons (Fsp3) is 0.333. The highest BCUT2D eigenvalue weighted by atomic mass is 16.1. The Kier molecular flexibility index (Phi) is 4.47. The molecule has 1 aromatic carbocycles. The van der Waals surface area contributed by atoms with Crippen LogP contribution < -0.4 is 11.1 Å². The molecule has 1 aromatic heterocycles. The number of nitrogens with two attached hydrogens (primary N) is 1. The number of pyridine rings is 1.